The van der Waals surface area contributed by atoms with Crippen molar-refractivity contribution in [2.75, 3.05) is 7.05 Å². The first kappa shape index (κ1) is 11.7. The smallest absolute Gasteiger partial charge is 0.157 e. The molecular weight excluding hydrogens is 214 g/mol. The van der Waals surface area contributed by atoms with Gasteiger partial charge in [0, 0.05) is 29.6 Å². The molecule has 2 aromatic rings. The van der Waals surface area contributed by atoms with E-state index in [0.29, 0.717) is 0 Å². The zero-order valence-corrected chi connectivity index (χ0v) is 10.7. The molecular formula is C12H17N5. The Morgan fingerprint density at radius 3 is 2.65 bits per heavy atom. The van der Waals surface area contributed by atoms with Gasteiger partial charge in [-0.15, -0.1) is 0 Å². The molecule has 90 valence electrons. The van der Waals surface area contributed by atoms with E-state index >= 15 is 0 Å². The number of nitrogens with zero attached hydrogens (tertiary/aromatic N) is 4. The Labute approximate surface area is 101 Å². The highest BCUT2D eigenvalue weighted by molar-refractivity contribution is 5.32. The van der Waals surface area contributed by atoms with Crippen molar-refractivity contribution in [1.29, 1.82) is 0 Å². The van der Waals surface area contributed by atoms with Gasteiger partial charge in [-0.2, -0.15) is 5.10 Å². The van der Waals surface area contributed by atoms with E-state index in [1.807, 2.05) is 31.6 Å². The van der Waals surface area contributed by atoms with Crippen molar-refractivity contribution in [2.24, 2.45) is 0 Å². The van der Waals surface area contributed by atoms with Crippen LogP contribution in [-0.4, -0.2) is 26.8 Å². The van der Waals surface area contributed by atoms with Crippen LogP contribution in [0.1, 0.15) is 22.6 Å². The maximum atomic E-state index is 4.53. The van der Waals surface area contributed by atoms with E-state index in [0.717, 1.165) is 29.4 Å². The van der Waals surface area contributed by atoms with Gasteiger partial charge in [0.05, 0.1) is 5.69 Å². The molecule has 0 saturated heterocycles. The van der Waals surface area contributed by atoms with Crippen LogP contribution < -0.4 is 5.32 Å². The lowest BCUT2D eigenvalue weighted by Crippen LogP contribution is -2.08. The molecule has 0 aromatic carbocycles. The van der Waals surface area contributed by atoms with E-state index in [1.165, 1.54) is 5.56 Å². The number of aromatic nitrogens is 4. The number of hydrogen-bond donors (Lipinski definition) is 1. The van der Waals surface area contributed by atoms with Crippen LogP contribution >= 0.6 is 0 Å². The maximum absolute atomic E-state index is 4.53. The fourth-order valence-corrected chi connectivity index (χ4v) is 1.89. The van der Waals surface area contributed by atoms with Crippen LogP contribution in [0.3, 0.4) is 0 Å². The van der Waals surface area contributed by atoms with Crippen molar-refractivity contribution < 1.29 is 0 Å². The third kappa shape index (κ3) is 2.19. The van der Waals surface area contributed by atoms with Crippen LogP contribution in [-0.2, 0) is 6.54 Å². The summed E-state index contributed by atoms with van der Waals surface area (Å²) in [6, 6.07) is 1.93. The topological polar surface area (TPSA) is 55.6 Å². The lowest BCUT2D eigenvalue weighted by Gasteiger charge is -2.04. The molecule has 2 rings (SSSR count). The van der Waals surface area contributed by atoms with E-state index < -0.39 is 0 Å². The van der Waals surface area contributed by atoms with Crippen molar-refractivity contribution in [3.05, 3.63) is 35.0 Å². The number of aryl methyl sites for hydroxylation is 2. The Hall–Kier alpha value is -1.75. The molecule has 0 atom stereocenters. The van der Waals surface area contributed by atoms with Gasteiger partial charge < -0.3 is 5.32 Å². The fraction of sp³-hybridized carbons (Fsp3) is 0.417. The van der Waals surface area contributed by atoms with Crippen LogP contribution in [0.4, 0.5) is 0 Å². The molecule has 17 heavy (non-hydrogen) atoms. The minimum Gasteiger partial charge on any atom is -0.316 e. The summed E-state index contributed by atoms with van der Waals surface area (Å²) in [5.41, 5.74) is 4.32. The van der Waals surface area contributed by atoms with Gasteiger partial charge in [-0.1, -0.05) is 0 Å². The number of nitrogens with one attached hydrogen (secondary N) is 1. The van der Waals surface area contributed by atoms with Gasteiger partial charge >= 0.3 is 0 Å². The highest BCUT2D eigenvalue weighted by Gasteiger charge is 2.12. The van der Waals surface area contributed by atoms with Gasteiger partial charge in [0.25, 0.3) is 0 Å². The minimum absolute atomic E-state index is 0.820. The SMILES string of the molecule is CNCc1c(C)nn(-c2cc(C)ncn2)c1C. The second kappa shape index (κ2) is 4.63. The number of rotatable bonds is 3. The maximum Gasteiger partial charge on any atom is 0.157 e. The Bertz CT molecular complexity index is 530. The highest BCUT2D eigenvalue weighted by Crippen LogP contribution is 2.16. The van der Waals surface area contributed by atoms with E-state index in [-0.39, 0.29) is 0 Å². The lowest BCUT2D eigenvalue weighted by molar-refractivity contribution is 0.787. The molecule has 5 heteroatoms. The van der Waals surface area contributed by atoms with Gasteiger partial charge in [-0.05, 0) is 27.8 Å². The fourth-order valence-electron chi connectivity index (χ4n) is 1.89. The Morgan fingerprint density at radius 1 is 1.24 bits per heavy atom. The molecule has 0 aliphatic rings. The summed E-state index contributed by atoms with van der Waals surface area (Å²) in [4.78, 5) is 8.35. The molecule has 1 N–H and O–H groups in total. The summed E-state index contributed by atoms with van der Waals surface area (Å²) >= 11 is 0. The van der Waals surface area contributed by atoms with Gasteiger partial charge in [0.15, 0.2) is 5.82 Å². The predicted molar refractivity (Wildman–Crippen MR) is 66.1 cm³/mol. The van der Waals surface area contributed by atoms with E-state index in [1.54, 1.807) is 6.33 Å². The van der Waals surface area contributed by atoms with Gasteiger partial charge in [0.1, 0.15) is 6.33 Å². The first-order valence-corrected chi connectivity index (χ1v) is 5.62. The lowest BCUT2D eigenvalue weighted by atomic mass is 10.2. The van der Waals surface area contributed by atoms with Crippen molar-refractivity contribution >= 4 is 0 Å². The van der Waals surface area contributed by atoms with Gasteiger partial charge in [0.2, 0.25) is 0 Å². The van der Waals surface area contributed by atoms with Crippen LogP contribution in [0.15, 0.2) is 12.4 Å². The molecule has 2 aromatic heterocycles. The van der Waals surface area contributed by atoms with E-state index in [2.05, 4.69) is 27.3 Å². The molecule has 0 aliphatic carbocycles. The second-order valence-corrected chi connectivity index (χ2v) is 4.11. The Morgan fingerprint density at radius 2 is 2.00 bits per heavy atom. The zero-order valence-electron chi connectivity index (χ0n) is 10.7. The van der Waals surface area contributed by atoms with E-state index in [4.69, 9.17) is 0 Å². The minimum atomic E-state index is 0.820. The normalized spacial score (nSPS) is 10.8. The molecule has 2 heterocycles. The molecule has 0 amide bonds. The first-order valence-electron chi connectivity index (χ1n) is 5.62. The average Bonchev–Trinajstić information content (AvgIpc) is 2.57. The average molecular weight is 231 g/mol. The summed E-state index contributed by atoms with van der Waals surface area (Å²) in [5.74, 6) is 0.820. The quantitative estimate of drug-likeness (QED) is 0.865. The third-order valence-corrected chi connectivity index (χ3v) is 2.80. The van der Waals surface area contributed by atoms with Crippen molar-refractivity contribution in [2.45, 2.75) is 27.3 Å². The van der Waals surface area contributed by atoms with Crippen molar-refractivity contribution in [3.63, 3.8) is 0 Å². The predicted octanol–water partition coefficient (Wildman–Crippen LogP) is 1.31. The molecule has 0 saturated carbocycles. The molecule has 5 nitrogen and oxygen atoms in total. The molecule has 0 radical (unpaired) electrons. The molecule has 0 fully saturated rings. The largest absolute Gasteiger partial charge is 0.316 e. The highest BCUT2D eigenvalue weighted by atomic mass is 15.3. The van der Waals surface area contributed by atoms with Crippen LogP contribution in [0.5, 0.6) is 0 Å². The first-order chi connectivity index (χ1) is 8.13. The van der Waals surface area contributed by atoms with Gasteiger partial charge in [-0.25, -0.2) is 14.6 Å². The molecule has 0 unspecified atom stereocenters. The standard InChI is InChI=1S/C12H17N5/c1-8-5-12(15-7-14-8)17-10(3)11(6-13-4)9(2)16-17/h5,7,13H,6H2,1-4H3. The Kier molecular flexibility index (Phi) is 3.19. The molecule has 0 spiro atoms. The monoisotopic (exact) mass is 231 g/mol. The second-order valence-electron chi connectivity index (χ2n) is 4.11. The summed E-state index contributed by atoms with van der Waals surface area (Å²) < 4.78 is 1.87. The molecule has 0 bridgehead atoms. The zero-order chi connectivity index (χ0) is 12.4. The van der Waals surface area contributed by atoms with E-state index in [9.17, 15) is 0 Å². The van der Waals surface area contributed by atoms with Crippen LogP contribution in [0, 0.1) is 20.8 Å². The molecule has 0 aliphatic heterocycles. The van der Waals surface area contributed by atoms with Crippen LogP contribution in [0.2, 0.25) is 0 Å². The summed E-state index contributed by atoms with van der Waals surface area (Å²) in [7, 11) is 1.94. The summed E-state index contributed by atoms with van der Waals surface area (Å²) in [6.45, 7) is 6.85. The van der Waals surface area contributed by atoms with Crippen molar-refractivity contribution in [1.82, 2.24) is 25.1 Å². The summed E-state index contributed by atoms with van der Waals surface area (Å²) in [6.07, 6.45) is 1.57. The van der Waals surface area contributed by atoms with Crippen molar-refractivity contribution in [3.8, 4) is 5.82 Å². The van der Waals surface area contributed by atoms with Crippen LogP contribution in [0.25, 0.3) is 5.82 Å². The number of hydrogen-bond acceptors (Lipinski definition) is 4. The van der Waals surface area contributed by atoms with Gasteiger partial charge in [-0.3, -0.25) is 0 Å². The summed E-state index contributed by atoms with van der Waals surface area (Å²) in [5, 5.41) is 7.68. The third-order valence-electron chi connectivity index (χ3n) is 2.80. The Balaban J connectivity index is 2.50.